The first-order valence-electron chi connectivity index (χ1n) is 7.85. The van der Waals surface area contributed by atoms with E-state index in [-0.39, 0.29) is 5.84 Å². The molecule has 6 nitrogen and oxygen atoms in total. The summed E-state index contributed by atoms with van der Waals surface area (Å²) in [7, 11) is 0. The summed E-state index contributed by atoms with van der Waals surface area (Å²) in [5.41, 5.74) is 7.74. The standard InChI is InChI=1S/C19H15FN4O2/c20-14-11-12(7-8-16(14)25)24-15-6-2-1-5-13(15)17(18(21)22-26)19(24)23-9-3-4-10-23/h1-11,25-26H,(H2,21,22). The zero-order valence-corrected chi connectivity index (χ0v) is 13.5. The maximum absolute atomic E-state index is 14.0. The Kier molecular flexibility index (Phi) is 3.62. The molecule has 2 aromatic heterocycles. The van der Waals surface area contributed by atoms with Gasteiger partial charge in [-0.25, -0.2) is 4.39 Å². The fraction of sp³-hybridized carbons (Fsp3) is 0. The van der Waals surface area contributed by atoms with Crippen molar-refractivity contribution in [2.24, 2.45) is 10.9 Å². The highest BCUT2D eigenvalue weighted by Gasteiger charge is 2.22. The lowest BCUT2D eigenvalue weighted by Gasteiger charge is -2.13. The van der Waals surface area contributed by atoms with Crippen LogP contribution in [-0.2, 0) is 0 Å². The van der Waals surface area contributed by atoms with Crippen molar-refractivity contribution in [2.45, 2.75) is 0 Å². The molecule has 0 fully saturated rings. The molecule has 0 saturated heterocycles. The third-order valence-electron chi connectivity index (χ3n) is 4.25. The van der Waals surface area contributed by atoms with Crippen molar-refractivity contribution in [3.63, 3.8) is 0 Å². The molecule has 2 heterocycles. The highest BCUT2D eigenvalue weighted by atomic mass is 19.1. The molecular weight excluding hydrogens is 335 g/mol. The first-order valence-corrected chi connectivity index (χ1v) is 7.85. The fourth-order valence-electron chi connectivity index (χ4n) is 3.15. The Morgan fingerprint density at radius 1 is 1.04 bits per heavy atom. The summed E-state index contributed by atoms with van der Waals surface area (Å²) in [6.07, 6.45) is 3.63. The average Bonchev–Trinajstić information content (AvgIpc) is 3.29. The van der Waals surface area contributed by atoms with Gasteiger partial charge in [0.15, 0.2) is 17.4 Å². The van der Waals surface area contributed by atoms with Crippen molar-refractivity contribution in [1.82, 2.24) is 9.13 Å². The number of phenolic OH excluding ortho intramolecular Hbond substituents is 1. The van der Waals surface area contributed by atoms with Crippen molar-refractivity contribution in [1.29, 1.82) is 0 Å². The van der Waals surface area contributed by atoms with Gasteiger partial charge in [0.25, 0.3) is 0 Å². The van der Waals surface area contributed by atoms with Crippen LogP contribution in [0.4, 0.5) is 4.39 Å². The highest BCUT2D eigenvalue weighted by Crippen LogP contribution is 2.33. The Morgan fingerprint density at radius 2 is 1.77 bits per heavy atom. The van der Waals surface area contributed by atoms with Gasteiger partial charge >= 0.3 is 0 Å². The van der Waals surface area contributed by atoms with Crippen LogP contribution in [0, 0.1) is 5.82 Å². The van der Waals surface area contributed by atoms with Crippen LogP contribution in [0.2, 0.25) is 0 Å². The molecule has 0 saturated carbocycles. The number of benzene rings is 2. The number of para-hydroxylation sites is 1. The Bertz CT molecular complexity index is 1130. The second-order valence-electron chi connectivity index (χ2n) is 5.76. The molecule has 0 aliphatic rings. The lowest BCUT2D eigenvalue weighted by molar-refractivity contribution is 0.318. The summed E-state index contributed by atoms with van der Waals surface area (Å²) < 4.78 is 17.6. The second kappa shape index (κ2) is 5.96. The summed E-state index contributed by atoms with van der Waals surface area (Å²) in [4.78, 5) is 0. The normalized spacial score (nSPS) is 12.0. The molecule has 0 spiro atoms. The summed E-state index contributed by atoms with van der Waals surface area (Å²) in [6.45, 7) is 0. The lowest BCUT2D eigenvalue weighted by Crippen LogP contribution is -2.16. The van der Waals surface area contributed by atoms with Gasteiger partial charge in [-0.05, 0) is 30.3 Å². The Labute approximate surface area is 147 Å². The quantitative estimate of drug-likeness (QED) is 0.229. The van der Waals surface area contributed by atoms with Gasteiger partial charge in [0.05, 0.1) is 16.8 Å². The molecular formula is C19H15FN4O2. The molecule has 4 N–H and O–H groups in total. The molecule has 4 aromatic rings. The van der Waals surface area contributed by atoms with Crippen LogP contribution in [0.1, 0.15) is 5.56 Å². The van der Waals surface area contributed by atoms with E-state index in [9.17, 15) is 14.7 Å². The SMILES string of the molecule is N/C(=N\O)c1c(-n2cccc2)n(-c2ccc(O)c(F)c2)c2ccccc12. The van der Waals surface area contributed by atoms with Crippen molar-refractivity contribution >= 4 is 16.7 Å². The smallest absolute Gasteiger partial charge is 0.174 e. The van der Waals surface area contributed by atoms with Crippen LogP contribution in [-0.4, -0.2) is 25.3 Å². The molecule has 7 heteroatoms. The number of aromatic hydroxyl groups is 1. The molecule has 130 valence electrons. The molecule has 0 unspecified atom stereocenters. The van der Waals surface area contributed by atoms with Gasteiger partial charge in [0.2, 0.25) is 0 Å². The summed E-state index contributed by atoms with van der Waals surface area (Å²) in [6, 6.07) is 15.2. The van der Waals surface area contributed by atoms with Crippen LogP contribution < -0.4 is 5.73 Å². The third kappa shape index (κ3) is 2.29. The van der Waals surface area contributed by atoms with Crippen LogP contribution >= 0.6 is 0 Å². The monoisotopic (exact) mass is 350 g/mol. The molecule has 0 radical (unpaired) electrons. The summed E-state index contributed by atoms with van der Waals surface area (Å²) in [5.74, 6) is -0.618. The van der Waals surface area contributed by atoms with Crippen molar-refractivity contribution < 1.29 is 14.7 Å². The van der Waals surface area contributed by atoms with Crippen molar-refractivity contribution in [3.05, 3.63) is 78.4 Å². The van der Waals surface area contributed by atoms with E-state index in [1.807, 2.05) is 48.8 Å². The Hall–Kier alpha value is -3.74. The van der Waals surface area contributed by atoms with Gasteiger partial charge in [-0.15, -0.1) is 0 Å². The first-order chi connectivity index (χ1) is 12.6. The summed E-state index contributed by atoms with van der Waals surface area (Å²) >= 11 is 0. The number of amidine groups is 1. The number of aromatic nitrogens is 2. The minimum atomic E-state index is -0.732. The third-order valence-corrected chi connectivity index (χ3v) is 4.25. The molecule has 0 amide bonds. The first kappa shape index (κ1) is 15.8. The second-order valence-corrected chi connectivity index (χ2v) is 5.76. The minimum absolute atomic E-state index is 0.0529. The zero-order valence-electron chi connectivity index (χ0n) is 13.5. The number of fused-ring (bicyclic) bond motifs is 1. The fourth-order valence-corrected chi connectivity index (χ4v) is 3.15. The molecule has 0 atom stereocenters. The van der Waals surface area contributed by atoms with Gasteiger partial charge in [0, 0.05) is 23.8 Å². The van der Waals surface area contributed by atoms with Crippen molar-refractivity contribution in [3.8, 4) is 17.3 Å². The molecule has 0 aliphatic carbocycles. The van der Waals surface area contributed by atoms with E-state index < -0.39 is 11.6 Å². The van der Waals surface area contributed by atoms with Crippen LogP contribution in [0.3, 0.4) is 0 Å². The summed E-state index contributed by atoms with van der Waals surface area (Å²) in [5, 5.41) is 22.7. The number of hydrogen-bond donors (Lipinski definition) is 3. The minimum Gasteiger partial charge on any atom is -0.505 e. The average molecular weight is 350 g/mol. The molecule has 2 aromatic carbocycles. The van der Waals surface area contributed by atoms with Gasteiger partial charge in [-0.1, -0.05) is 23.4 Å². The number of oxime groups is 1. The molecule has 4 rings (SSSR count). The van der Waals surface area contributed by atoms with Gasteiger partial charge in [-0.2, -0.15) is 0 Å². The maximum atomic E-state index is 14.0. The topological polar surface area (TPSA) is 88.7 Å². The van der Waals surface area contributed by atoms with E-state index in [0.29, 0.717) is 17.1 Å². The van der Waals surface area contributed by atoms with E-state index in [4.69, 9.17) is 5.73 Å². The van der Waals surface area contributed by atoms with Crippen LogP contribution in [0.5, 0.6) is 5.75 Å². The molecule has 26 heavy (non-hydrogen) atoms. The predicted octanol–water partition coefficient (Wildman–Crippen LogP) is 3.36. The van der Waals surface area contributed by atoms with Gasteiger partial charge < -0.3 is 20.6 Å². The van der Waals surface area contributed by atoms with E-state index >= 15 is 0 Å². The van der Waals surface area contributed by atoms with E-state index in [1.54, 1.807) is 15.2 Å². The Morgan fingerprint density at radius 3 is 2.46 bits per heavy atom. The van der Waals surface area contributed by atoms with Crippen LogP contribution in [0.15, 0.2) is 72.1 Å². The van der Waals surface area contributed by atoms with E-state index in [1.165, 1.54) is 12.1 Å². The van der Waals surface area contributed by atoms with Crippen molar-refractivity contribution in [2.75, 3.05) is 0 Å². The lowest BCUT2D eigenvalue weighted by atomic mass is 10.1. The number of nitrogens with zero attached hydrogens (tertiary/aromatic N) is 3. The number of nitrogens with two attached hydrogens (primary N) is 1. The van der Waals surface area contributed by atoms with Gasteiger partial charge in [0.1, 0.15) is 5.82 Å². The maximum Gasteiger partial charge on any atom is 0.174 e. The number of halogens is 1. The van der Waals surface area contributed by atoms with E-state index in [0.717, 1.165) is 10.9 Å². The van der Waals surface area contributed by atoms with Gasteiger partial charge in [-0.3, -0.25) is 4.57 Å². The molecule has 0 aliphatic heterocycles. The largest absolute Gasteiger partial charge is 0.505 e. The number of hydrogen-bond acceptors (Lipinski definition) is 3. The number of rotatable bonds is 3. The Balaban J connectivity index is 2.18. The molecule has 0 bridgehead atoms. The highest BCUT2D eigenvalue weighted by molar-refractivity contribution is 6.12. The predicted molar refractivity (Wildman–Crippen MR) is 96.7 cm³/mol. The van der Waals surface area contributed by atoms with Crippen LogP contribution in [0.25, 0.3) is 22.4 Å². The number of phenols is 1. The zero-order chi connectivity index (χ0) is 18.3. The van der Waals surface area contributed by atoms with E-state index in [2.05, 4.69) is 5.16 Å².